The van der Waals surface area contributed by atoms with Crippen LogP contribution in [0, 0.1) is 0 Å². The van der Waals surface area contributed by atoms with Gasteiger partial charge in [0.1, 0.15) is 6.17 Å². The zero-order valence-electron chi connectivity index (χ0n) is 15.7. The van der Waals surface area contributed by atoms with Crippen molar-refractivity contribution < 1.29 is 4.79 Å². The first-order valence-corrected chi connectivity index (χ1v) is 9.66. The first-order valence-electron chi connectivity index (χ1n) is 9.66. The fourth-order valence-corrected chi connectivity index (χ4v) is 4.43. The van der Waals surface area contributed by atoms with E-state index in [0.717, 1.165) is 29.8 Å². The van der Waals surface area contributed by atoms with Gasteiger partial charge in [-0.25, -0.2) is 0 Å². The van der Waals surface area contributed by atoms with E-state index in [1.165, 1.54) is 16.7 Å². The van der Waals surface area contributed by atoms with Crippen molar-refractivity contribution >= 4 is 11.5 Å². The molecule has 0 saturated heterocycles. The smallest absolute Gasteiger partial charge is 0.256 e. The summed E-state index contributed by atoms with van der Waals surface area (Å²) in [6.45, 7) is 6.61. The Morgan fingerprint density at radius 2 is 1.39 bits per heavy atom. The van der Waals surface area contributed by atoms with Crippen LogP contribution in [-0.4, -0.2) is 21.9 Å². The van der Waals surface area contributed by atoms with Gasteiger partial charge in [-0.15, -0.1) is 0 Å². The molecule has 3 aromatic carbocycles. The topological polar surface area (TPSA) is 23.6 Å². The van der Waals surface area contributed by atoms with E-state index >= 15 is 0 Å². The molecular formula is C25H22N2O. The third-order valence-corrected chi connectivity index (χ3v) is 5.78. The van der Waals surface area contributed by atoms with Crippen molar-refractivity contribution in [2.75, 3.05) is 0 Å². The maximum Gasteiger partial charge on any atom is 0.256 e. The second-order valence-corrected chi connectivity index (χ2v) is 7.54. The molecule has 3 aromatic rings. The van der Waals surface area contributed by atoms with Crippen LogP contribution in [0.3, 0.4) is 0 Å². The molecule has 3 nitrogen and oxygen atoms in total. The van der Waals surface area contributed by atoms with Crippen LogP contribution >= 0.6 is 0 Å². The van der Waals surface area contributed by atoms with E-state index < -0.39 is 0 Å². The van der Waals surface area contributed by atoms with E-state index in [0.29, 0.717) is 6.54 Å². The van der Waals surface area contributed by atoms with Gasteiger partial charge < -0.3 is 4.90 Å². The van der Waals surface area contributed by atoms with Crippen LogP contribution in [0.15, 0.2) is 85.4 Å². The highest BCUT2D eigenvalue weighted by Gasteiger charge is 2.40. The zero-order chi connectivity index (χ0) is 19.1. The van der Waals surface area contributed by atoms with Crippen molar-refractivity contribution in [3.05, 3.63) is 113 Å². The van der Waals surface area contributed by atoms with Gasteiger partial charge in [0, 0.05) is 25.2 Å². The minimum Gasteiger partial charge on any atom is -0.314 e. The molecule has 1 unspecified atom stereocenters. The molecule has 1 amide bonds. The minimum absolute atomic E-state index is 0.0859. The van der Waals surface area contributed by atoms with Crippen molar-refractivity contribution in [2.24, 2.45) is 0 Å². The summed E-state index contributed by atoms with van der Waals surface area (Å²) >= 11 is 0. The number of hydrogen-bond donors (Lipinski definition) is 0. The fraction of sp³-hybridized carbons (Fsp3) is 0.160. The third kappa shape index (κ3) is 2.76. The maximum atomic E-state index is 13.4. The van der Waals surface area contributed by atoms with Crippen molar-refractivity contribution in [3.63, 3.8) is 0 Å². The van der Waals surface area contributed by atoms with Crippen LogP contribution in [0.4, 0.5) is 0 Å². The molecule has 2 aliphatic heterocycles. The largest absolute Gasteiger partial charge is 0.314 e. The Kier molecular flexibility index (Phi) is 4.10. The molecule has 3 heteroatoms. The Morgan fingerprint density at radius 3 is 2.14 bits per heavy atom. The Morgan fingerprint density at radius 1 is 0.786 bits per heavy atom. The minimum atomic E-state index is -0.144. The van der Waals surface area contributed by atoms with Gasteiger partial charge in [-0.2, -0.15) is 0 Å². The lowest BCUT2D eigenvalue weighted by atomic mass is 9.92. The summed E-state index contributed by atoms with van der Waals surface area (Å²) in [4.78, 5) is 17.8. The van der Waals surface area contributed by atoms with Crippen molar-refractivity contribution in [1.82, 2.24) is 9.80 Å². The summed E-state index contributed by atoms with van der Waals surface area (Å²) in [6.07, 6.45) is -0.144. The lowest BCUT2D eigenvalue weighted by Gasteiger charge is -2.42. The summed E-state index contributed by atoms with van der Waals surface area (Å²) in [5.41, 5.74) is 6.45. The summed E-state index contributed by atoms with van der Waals surface area (Å²) in [7, 11) is 0. The molecule has 2 heterocycles. The van der Waals surface area contributed by atoms with Crippen LogP contribution in [0.1, 0.15) is 32.6 Å². The highest BCUT2D eigenvalue weighted by molar-refractivity contribution is 6.03. The fourth-order valence-electron chi connectivity index (χ4n) is 4.43. The molecule has 0 radical (unpaired) electrons. The van der Waals surface area contributed by atoms with Crippen molar-refractivity contribution in [1.29, 1.82) is 0 Å². The van der Waals surface area contributed by atoms with E-state index in [1.54, 1.807) is 0 Å². The van der Waals surface area contributed by atoms with Crippen LogP contribution in [0.2, 0.25) is 0 Å². The summed E-state index contributed by atoms with van der Waals surface area (Å²) < 4.78 is 0. The normalized spacial score (nSPS) is 18.9. The van der Waals surface area contributed by atoms with Gasteiger partial charge in [0.25, 0.3) is 5.91 Å². The number of fused-ring (bicyclic) bond motifs is 3. The van der Waals surface area contributed by atoms with Gasteiger partial charge in [-0.05, 0) is 33.9 Å². The van der Waals surface area contributed by atoms with Gasteiger partial charge in [0.2, 0.25) is 0 Å². The lowest BCUT2D eigenvalue weighted by Crippen LogP contribution is -2.51. The van der Waals surface area contributed by atoms with Crippen LogP contribution in [0.25, 0.3) is 5.57 Å². The summed E-state index contributed by atoms with van der Waals surface area (Å²) in [6, 6.07) is 26.7. The average Bonchev–Trinajstić information content (AvgIpc) is 2.90. The van der Waals surface area contributed by atoms with Gasteiger partial charge in [0.15, 0.2) is 0 Å². The van der Waals surface area contributed by atoms with Gasteiger partial charge in [-0.3, -0.25) is 9.69 Å². The molecule has 28 heavy (non-hydrogen) atoms. The van der Waals surface area contributed by atoms with E-state index in [4.69, 9.17) is 0 Å². The zero-order valence-corrected chi connectivity index (χ0v) is 15.7. The molecule has 138 valence electrons. The lowest BCUT2D eigenvalue weighted by molar-refractivity contribution is 0.0426. The number of nitrogens with zero attached hydrogens (tertiary/aromatic N) is 2. The van der Waals surface area contributed by atoms with E-state index in [-0.39, 0.29) is 12.1 Å². The summed E-state index contributed by atoms with van der Waals surface area (Å²) in [5.74, 6) is 0.0859. The molecule has 0 fully saturated rings. The van der Waals surface area contributed by atoms with Crippen LogP contribution < -0.4 is 0 Å². The predicted octanol–water partition coefficient (Wildman–Crippen LogP) is 4.70. The SMILES string of the molecule is C=C1c2ccccc2C(=O)N2Cc3ccccc3CN(Cc3ccccc3)C12. The molecule has 1 atom stereocenters. The van der Waals surface area contributed by atoms with E-state index in [2.05, 4.69) is 60.0 Å². The van der Waals surface area contributed by atoms with E-state index in [9.17, 15) is 4.79 Å². The molecule has 0 spiro atoms. The van der Waals surface area contributed by atoms with Gasteiger partial charge in [-0.1, -0.05) is 79.4 Å². The highest BCUT2D eigenvalue weighted by Crippen LogP contribution is 2.37. The second kappa shape index (κ2) is 6.77. The van der Waals surface area contributed by atoms with Crippen LogP contribution in [0.5, 0.6) is 0 Å². The highest BCUT2D eigenvalue weighted by atomic mass is 16.2. The Bertz CT molecular complexity index is 1060. The average molecular weight is 366 g/mol. The number of amides is 1. The number of carbonyl (C=O) groups excluding carboxylic acids is 1. The van der Waals surface area contributed by atoms with Crippen LogP contribution in [-0.2, 0) is 19.6 Å². The molecule has 0 aromatic heterocycles. The number of carbonyl (C=O) groups is 1. The Labute approximate surface area is 165 Å². The number of benzene rings is 3. The predicted molar refractivity (Wildman–Crippen MR) is 111 cm³/mol. The van der Waals surface area contributed by atoms with Crippen molar-refractivity contribution in [3.8, 4) is 0 Å². The third-order valence-electron chi connectivity index (χ3n) is 5.78. The monoisotopic (exact) mass is 366 g/mol. The van der Waals surface area contributed by atoms with E-state index in [1.807, 2.05) is 35.2 Å². The molecule has 0 N–H and O–H groups in total. The van der Waals surface area contributed by atoms with Gasteiger partial charge >= 0.3 is 0 Å². The molecule has 0 bridgehead atoms. The number of hydrogen-bond acceptors (Lipinski definition) is 2. The second-order valence-electron chi connectivity index (χ2n) is 7.54. The van der Waals surface area contributed by atoms with Gasteiger partial charge in [0.05, 0.1) is 0 Å². The Hall–Kier alpha value is -3.17. The molecule has 5 rings (SSSR count). The molecule has 2 aliphatic rings. The standard InChI is InChI=1S/C25H22N2O/c1-18-22-13-7-8-14-23(22)25(28)27-17-21-12-6-5-11-20(21)16-26(24(18)27)15-19-9-3-2-4-10-19/h2-14,24H,1,15-17H2. The quantitative estimate of drug-likeness (QED) is 0.656. The maximum absolute atomic E-state index is 13.4. The summed E-state index contributed by atoms with van der Waals surface area (Å²) in [5, 5.41) is 0. The first-order chi connectivity index (χ1) is 13.7. The number of rotatable bonds is 2. The molecule has 0 aliphatic carbocycles. The Balaban J connectivity index is 1.63. The van der Waals surface area contributed by atoms with Crippen molar-refractivity contribution in [2.45, 2.75) is 25.8 Å². The first kappa shape index (κ1) is 17.0. The molecular weight excluding hydrogens is 344 g/mol. The molecule has 0 saturated carbocycles.